The summed E-state index contributed by atoms with van der Waals surface area (Å²) < 4.78 is 114. The molecule has 0 aromatic heterocycles. The van der Waals surface area contributed by atoms with Crippen LogP contribution in [0.4, 0.5) is 0 Å². The molecule has 0 bridgehead atoms. The number of rotatable bonds is 4. The van der Waals surface area contributed by atoms with Crippen LogP contribution in [-0.4, -0.2) is 36.2 Å². The quantitative estimate of drug-likeness (QED) is 0.911. The van der Waals surface area contributed by atoms with Crippen molar-refractivity contribution in [2.75, 3.05) is 20.6 Å². The first-order chi connectivity index (χ1) is 14.4. The fraction of sp³-hybridized carbons (Fsp3) is 0.647. The highest BCUT2D eigenvalue weighted by molar-refractivity contribution is 5.27. The Labute approximate surface area is 137 Å². The molecule has 1 unspecified atom stereocenters. The van der Waals surface area contributed by atoms with Crippen molar-refractivity contribution in [3.8, 4) is 0 Å². The van der Waals surface area contributed by atoms with Crippen LogP contribution >= 0.6 is 0 Å². The average Bonchev–Trinajstić information content (AvgIpc) is 2.65. The Bertz CT molecular complexity index is 864. The molecule has 1 aromatic carbocycles. The molecule has 1 saturated carbocycles. The molecule has 1 N–H and O–H groups in total. The van der Waals surface area contributed by atoms with Crippen molar-refractivity contribution in [3.63, 3.8) is 0 Å². The van der Waals surface area contributed by atoms with Gasteiger partial charge >= 0.3 is 0 Å². The maximum atomic E-state index is 11.8. The second-order valence-corrected chi connectivity index (χ2v) is 4.54. The molecule has 0 spiro atoms. The van der Waals surface area contributed by atoms with Gasteiger partial charge in [-0.25, -0.2) is 0 Å². The van der Waals surface area contributed by atoms with Crippen LogP contribution in [0, 0.1) is 6.92 Å². The molecule has 1 aliphatic rings. The van der Waals surface area contributed by atoms with Crippen molar-refractivity contribution in [3.05, 3.63) is 35.4 Å². The molecule has 19 heavy (non-hydrogen) atoms. The lowest BCUT2D eigenvalue weighted by molar-refractivity contribution is -0.0277. The lowest BCUT2D eigenvalue weighted by Crippen LogP contribution is -2.42. The van der Waals surface area contributed by atoms with Gasteiger partial charge in [-0.05, 0) is 39.3 Å². The van der Waals surface area contributed by atoms with Crippen LogP contribution in [-0.2, 0) is 0 Å². The third kappa shape index (κ3) is 3.58. The largest absolute Gasteiger partial charge is 0.389 e. The van der Waals surface area contributed by atoms with Gasteiger partial charge in [0, 0.05) is 31.6 Å². The van der Waals surface area contributed by atoms with E-state index in [-0.39, 0.29) is 5.56 Å². The Kier molecular flexibility index (Phi) is 1.55. The zero-order valence-electron chi connectivity index (χ0n) is 24.9. The minimum atomic E-state index is -3.90. The summed E-state index contributed by atoms with van der Waals surface area (Å²) in [5.41, 5.74) is -3.54. The first-order valence-electron chi connectivity index (χ1n) is 12.9. The molecule has 1 aromatic rings. The summed E-state index contributed by atoms with van der Waals surface area (Å²) in [4.78, 5) is 0.568. The molecule has 0 radical (unpaired) electrons. The van der Waals surface area contributed by atoms with E-state index in [9.17, 15) is 5.11 Å². The first-order valence-corrected chi connectivity index (χ1v) is 5.89. The summed E-state index contributed by atoms with van der Waals surface area (Å²) in [5.74, 6) is -3.01. The molecule has 2 rings (SSSR count). The topological polar surface area (TPSA) is 23.5 Å². The minimum Gasteiger partial charge on any atom is -0.389 e. The first kappa shape index (κ1) is 4.85. The zero-order valence-corrected chi connectivity index (χ0v) is 10.9. The lowest BCUT2D eigenvalue weighted by Gasteiger charge is -2.40. The SMILES string of the molecule is [2H]C([2H])([2H])N(C)CC([2H])(c1ccc(C)cc1)C1(O)C([2H])([2H])C([2H])([2H])C([2H])([2H])C([2H])([2H])C1([2H])[2H]. The van der Waals surface area contributed by atoms with Crippen molar-refractivity contribution < 1.29 is 24.3 Å². The number of aliphatic hydroxyl groups is 1. The Morgan fingerprint density at radius 1 is 1.37 bits per heavy atom. The van der Waals surface area contributed by atoms with Gasteiger partial charge in [0.2, 0.25) is 0 Å². The third-order valence-corrected chi connectivity index (χ3v) is 2.84. The van der Waals surface area contributed by atoms with Gasteiger partial charge < -0.3 is 10.0 Å². The Balaban J connectivity index is 3.02. The molecule has 2 nitrogen and oxygen atoms in total. The third-order valence-electron chi connectivity index (χ3n) is 2.84. The van der Waals surface area contributed by atoms with Crippen molar-refractivity contribution in [2.45, 2.75) is 50.3 Å². The van der Waals surface area contributed by atoms with E-state index in [2.05, 4.69) is 0 Å². The van der Waals surface area contributed by atoms with Gasteiger partial charge in [-0.1, -0.05) is 48.9 Å². The van der Waals surface area contributed by atoms with E-state index in [1.807, 2.05) is 0 Å². The Morgan fingerprint density at radius 2 is 2.00 bits per heavy atom. The molecule has 0 saturated heterocycles. The monoisotopic (exact) mass is 275 g/mol. The molecule has 2 heteroatoms. The predicted molar refractivity (Wildman–Crippen MR) is 80.5 cm³/mol. The normalized spacial score (nSPS) is 46.9. The van der Waals surface area contributed by atoms with Gasteiger partial charge in [0.15, 0.2) is 0 Å². The number of hydrogen-bond donors (Lipinski definition) is 1. The van der Waals surface area contributed by atoms with Gasteiger partial charge in [0.05, 0.1) is 5.60 Å². The van der Waals surface area contributed by atoms with E-state index in [4.69, 9.17) is 19.2 Å². The number of benzene rings is 1. The summed E-state index contributed by atoms with van der Waals surface area (Å²) in [6.07, 6.45) is -19.2. The number of aryl methyl sites for hydroxylation is 1. The highest BCUT2D eigenvalue weighted by atomic mass is 16.3. The van der Waals surface area contributed by atoms with Crippen LogP contribution in [0.3, 0.4) is 0 Å². The molecular weight excluding hydrogens is 234 g/mol. The van der Waals surface area contributed by atoms with Crippen molar-refractivity contribution in [1.29, 1.82) is 0 Å². The second kappa shape index (κ2) is 6.06. The van der Waals surface area contributed by atoms with E-state index in [0.717, 1.165) is 7.05 Å². The van der Waals surface area contributed by atoms with Crippen LogP contribution in [0.15, 0.2) is 24.3 Å². The van der Waals surface area contributed by atoms with Crippen LogP contribution in [0.1, 0.15) is 68.1 Å². The van der Waals surface area contributed by atoms with Gasteiger partial charge in [-0.15, -0.1) is 0 Å². The summed E-state index contributed by atoms with van der Waals surface area (Å²) in [5, 5.41) is 11.8. The summed E-state index contributed by atoms with van der Waals surface area (Å²) >= 11 is 0. The van der Waals surface area contributed by atoms with Gasteiger partial charge in [-0.2, -0.15) is 0 Å². The Morgan fingerprint density at radius 3 is 2.58 bits per heavy atom. The van der Waals surface area contributed by atoms with E-state index < -0.39 is 56.9 Å². The Hall–Kier alpha value is -0.860. The molecular formula is C17H27NO. The van der Waals surface area contributed by atoms with Crippen molar-refractivity contribution in [2.24, 2.45) is 0 Å². The highest BCUT2D eigenvalue weighted by Gasteiger charge is 2.38. The zero-order chi connectivity index (χ0) is 26.3. The lowest BCUT2D eigenvalue weighted by atomic mass is 9.72. The van der Waals surface area contributed by atoms with Crippen molar-refractivity contribution >= 4 is 0 Å². The minimum absolute atomic E-state index is 0.298. The summed E-state index contributed by atoms with van der Waals surface area (Å²) in [7, 11) is 1.02. The fourth-order valence-corrected chi connectivity index (χ4v) is 1.86. The standard InChI is InChI=1S/C17H27NO/c1-14-7-9-15(10-8-14)16(13-18(2)3)17(19)11-5-4-6-12-17/h7-10,16,19H,4-6,11-13H2,1-3H3/i2D3,4D2,5D2,6D2,11D2,12D2,16D. The van der Waals surface area contributed by atoms with E-state index in [1.54, 1.807) is 6.92 Å². The molecule has 0 heterocycles. The van der Waals surface area contributed by atoms with Crippen molar-refractivity contribution in [1.82, 2.24) is 4.90 Å². The molecule has 0 aliphatic heterocycles. The van der Waals surface area contributed by atoms with Crippen LogP contribution in [0.2, 0.25) is 0 Å². The summed E-state index contributed by atoms with van der Waals surface area (Å²) in [6, 6.07) is 5.31. The van der Waals surface area contributed by atoms with E-state index in [0.29, 0.717) is 10.5 Å². The van der Waals surface area contributed by atoms with Gasteiger partial charge in [0.1, 0.15) is 0 Å². The van der Waals surface area contributed by atoms with Crippen LogP contribution in [0.5, 0.6) is 0 Å². The molecule has 1 fully saturated rings. The number of likely N-dealkylation sites (N-methyl/N-ethyl adjacent to an activating group) is 1. The average molecular weight is 275 g/mol. The fourth-order valence-electron chi connectivity index (χ4n) is 1.86. The van der Waals surface area contributed by atoms with E-state index >= 15 is 0 Å². The van der Waals surface area contributed by atoms with Crippen LogP contribution < -0.4 is 0 Å². The van der Waals surface area contributed by atoms with E-state index in [1.165, 1.54) is 24.3 Å². The molecule has 0 amide bonds. The molecule has 1 atom stereocenters. The number of nitrogens with zero attached hydrogens (tertiary/aromatic N) is 1. The predicted octanol–water partition coefficient (Wildman–Crippen LogP) is 3.34. The number of hydrogen-bond acceptors (Lipinski definition) is 2. The van der Waals surface area contributed by atoms with Gasteiger partial charge in [0.25, 0.3) is 0 Å². The smallest absolute Gasteiger partial charge is 0.0728 e. The van der Waals surface area contributed by atoms with Crippen LogP contribution in [0.25, 0.3) is 0 Å². The molecule has 1 aliphatic carbocycles. The molecule has 106 valence electrons. The maximum absolute atomic E-state index is 11.8. The maximum Gasteiger partial charge on any atom is 0.0728 e. The highest BCUT2D eigenvalue weighted by Crippen LogP contribution is 2.40. The summed E-state index contributed by atoms with van der Waals surface area (Å²) in [6.45, 7) is -2.27. The van der Waals surface area contributed by atoms with Gasteiger partial charge in [-0.3, -0.25) is 0 Å². The second-order valence-electron chi connectivity index (χ2n) is 4.54.